The number of aromatic amines is 1. The van der Waals surface area contributed by atoms with E-state index in [1.165, 1.54) is 0 Å². The van der Waals surface area contributed by atoms with Gasteiger partial charge in [0.05, 0.1) is 28.5 Å². The highest BCUT2D eigenvalue weighted by atomic mass is 35.5. The van der Waals surface area contributed by atoms with E-state index in [1.54, 1.807) is 4.98 Å². The minimum absolute atomic E-state index is 0.0205. The van der Waals surface area contributed by atoms with Gasteiger partial charge in [-0.3, -0.25) is 14.6 Å². The maximum Gasteiger partial charge on any atom is 0.349 e. The fraction of sp³-hybridized carbons (Fsp3) is 0.250. The van der Waals surface area contributed by atoms with Gasteiger partial charge in [-0.2, -0.15) is 9.78 Å². The second-order valence-corrected chi connectivity index (χ2v) is 10.4. The lowest BCUT2D eigenvalue weighted by Crippen LogP contribution is -2.37. The largest absolute Gasteiger partial charge is 0.505 e. The van der Waals surface area contributed by atoms with E-state index in [0.717, 1.165) is 37.2 Å². The SMILES string of the molecule is O=C(CNS(=O)(=O)c1cc(Oc2c(Cl)cc(-n3nc(C(F)F)c(=O)[nH]c3=O)cc2Cl)ncc1O)NC1CC1. The Morgan fingerprint density at radius 2 is 1.89 bits per heavy atom. The first kappa shape index (κ1) is 27.4. The van der Waals surface area contributed by atoms with Gasteiger partial charge in [0.15, 0.2) is 17.2 Å². The summed E-state index contributed by atoms with van der Waals surface area (Å²) >= 11 is 12.4. The number of rotatable bonds is 9. The summed E-state index contributed by atoms with van der Waals surface area (Å²) in [5.74, 6) is -1.95. The molecule has 2 aromatic heterocycles. The van der Waals surface area contributed by atoms with E-state index >= 15 is 0 Å². The fourth-order valence-corrected chi connectivity index (χ4v) is 4.64. The minimum atomic E-state index is -4.38. The average molecular weight is 593 g/mol. The zero-order valence-electron chi connectivity index (χ0n) is 18.7. The number of aromatic nitrogens is 4. The smallest absolute Gasteiger partial charge is 0.349 e. The van der Waals surface area contributed by atoms with E-state index in [4.69, 9.17) is 27.9 Å². The third-order valence-electron chi connectivity index (χ3n) is 4.97. The summed E-state index contributed by atoms with van der Waals surface area (Å²) in [6.45, 7) is -0.568. The summed E-state index contributed by atoms with van der Waals surface area (Å²) in [6, 6.07) is 2.98. The van der Waals surface area contributed by atoms with Crippen LogP contribution in [0.25, 0.3) is 5.69 Å². The number of H-pyrrole nitrogens is 1. The van der Waals surface area contributed by atoms with E-state index in [1.807, 2.05) is 0 Å². The van der Waals surface area contributed by atoms with Gasteiger partial charge >= 0.3 is 5.69 Å². The molecule has 4 N–H and O–H groups in total. The Morgan fingerprint density at radius 1 is 1.24 bits per heavy atom. The standard InChI is InChI=1S/C20H16Cl2F2N6O7S/c21-10-3-9(30-20(34)28-19(33)16(29-30)18(23)24)4-11(22)17(10)37-15-5-13(12(31)6-25-15)38(35,36)26-7-14(32)27-8-1-2-8/h3-6,8,18,26,31H,1-2,7H2,(H,27,32)(H,28,33,34). The van der Waals surface area contributed by atoms with Crippen molar-refractivity contribution in [3.05, 3.63) is 61.0 Å². The highest BCUT2D eigenvalue weighted by Crippen LogP contribution is 2.38. The van der Waals surface area contributed by atoms with Crippen molar-refractivity contribution in [2.45, 2.75) is 30.2 Å². The lowest BCUT2D eigenvalue weighted by atomic mass is 10.3. The van der Waals surface area contributed by atoms with Crippen molar-refractivity contribution in [1.82, 2.24) is 29.8 Å². The topological polar surface area (TPSA) is 185 Å². The molecule has 13 nitrogen and oxygen atoms in total. The van der Waals surface area contributed by atoms with Crippen molar-refractivity contribution in [1.29, 1.82) is 0 Å². The molecule has 38 heavy (non-hydrogen) atoms. The maximum atomic E-state index is 13.0. The van der Waals surface area contributed by atoms with E-state index in [2.05, 4.69) is 20.1 Å². The third kappa shape index (κ3) is 6.09. The number of nitrogens with one attached hydrogen (secondary N) is 3. The molecule has 1 saturated carbocycles. The van der Waals surface area contributed by atoms with Crippen molar-refractivity contribution < 1.29 is 31.8 Å². The molecule has 18 heteroatoms. The second-order valence-electron chi connectivity index (χ2n) is 7.85. The molecule has 1 fully saturated rings. The average Bonchev–Trinajstić information content (AvgIpc) is 3.64. The number of carbonyl (C=O) groups excluding carboxylic acids is 1. The van der Waals surface area contributed by atoms with Gasteiger partial charge < -0.3 is 15.2 Å². The Kier molecular flexibility index (Phi) is 7.68. The van der Waals surface area contributed by atoms with Crippen molar-refractivity contribution in [3.63, 3.8) is 0 Å². The zero-order valence-corrected chi connectivity index (χ0v) is 21.1. The molecule has 4 rings (SSSR count). The van der Waals surface area contributed by atoms with Gasteiger partial charge in [-0.25, -0.2) is 31.7 Å². The predicted octanol–water partition coefficient (Wildman–Crippen LogP) is 1.61. The van der Waals surface area contributed by atoms with E-state index in [9.17, 15) is 36.7 Å². The highest BCUT2D eigenvalue weighted by molar-refractivity contribution is 7.89. The number of nitrogens with zero attached hydrogens (tertiary/aromatic N) is 3. The van der Waals surface area contributed by atoms with Gasteiger partial charge in [0.25, 0.3) is 12.0 Å². The number of benzene rings is 1. The molecule has 1 aliphatic rings. The first-order valence-electron chi connectivity index (χ1n) is 10.5. The quantitative estimate of drug-likeness (QED) is 0.286. The van der Waals surface area contributed by atoms with Crippen LogP contribution in [0.3, 0.4) is 0 Å². The lowest BCUT2D eigenvalue weighted by Gasteiger charge is -2.13. The van der Waals surface area contributed by atoms with Crippen LogP contribution in [-0.4, -0.2) is 51.8 Å². The minimum Gasteiger partial charge on any atom is -0.505 e. The molecule has 0 radical (unpaired) electrons. The normalized spacial score (nSPS) is 13.5. The Balaban J connectivity index is 1.60. The molecule has 3 aromatic rings. The van der Waals surface area contributed by atoms with Crippen LogP contribution in [0.4, 0.5) is 8.78 Å². The maximum absolute atomic E-state index is 13.0. The van der Waals surface area contributed by atoms with Crippen LogP contribution in [-0.2, 0) is 14.8 Å². The number of carbonyl (C=O) groups is 1. The predicted molar refractivity (Wildman–Crippen MR) is 128 cm³/mol. The molecule has 1 aromatic carbocycles. The molecule has 0 saturated heterocycles. The van der Waals surface area contributed by atoms with Crippen molar-refractivity contribution in [2.75, 3.05) is 6.54 Å². The Hall–Kier alpha value is -3.60. The molecule has 0 atom stereocenters. The molecular formula is C20H16Cl2F2N6O7S. The van der Waals surface area contributed by atoms with Crippen LogP contribution < -0.4 is 26.0 Å². The Morgan fingerprint density at radius 3 is 2.50 bits per heavy atom. The van der Waals surface area contributed by atoms with Gasteiger partial charge in [0, 0.05) is 12.1 Å². The zero-order chi connectivity index (χ0) is 27.8. The summed E-state index contributed by atoms with van der Waals surface area (Å²) in [7, 11) is -4.38. The molecule has 202 valence electrons. The number of pyridine rings is 1. The number of aromatic hydroxyl groups is 1. The lowest BCUT2D eigenvalue weighted by molar-refractivity contribution is -0.120. The van der Waals surface area contributed by atoms with Crippen LogP contribution in [0.1, 0.15) is 25.0 Å². The number of hydrogen-bond donors (Lipinski definition) is 4. The number of hydrogen-bond acceptors (Lipinski definition) is 9. The molecule has 0 unspecified atom stereocenters. The van der Waals surface area contributed by atoms with Gasteiger partial charge in [0.2, 0.25) is 21.8 Å². The van der Waals surface area contributed by atoms with Crippen molar-refractivity contribution in [3.8, 4) is 23.1 Å². The molecule has 2 heterocycles. The summed E-state index contributed by atoms with van der Waals surface area (Å²) < 4.78 is 59.3. The third-order valence-corrected chi connectivity index (χ3v) is 6.96. The van der Waals surface area contributed by atoms with Gasteiger partial charge in [-0.05, 0) is 25.0 Å². The van der Waals surface area contributed by atoms with Gasteiger partial charge in [-0.15, -0.1) is 0 Å². The number of ether oxygens (including phenoxy) is 1. The first-order valence-corrected chi connectivity index (χ1v) is 12.8. The molecule has 1 amide bonds. The van der Waals surface area contributed by atoms with Crippen LogP contribution in [0.15, 0.2) is 38.9 Å². The Bertz CT molecular complexity index is 1620. The van der Waals surface area contributed by atoms with Crippen LogP contribution >= 0.6 is 23.2 Å². The number of alkyl halides is 2. The fourth-order valence-electron chi connectivity index (χ4n) is 3.03. The number of amides is 1. The Labute approximate surface area is 221 Å². The molecule has 1 aliphatic carbocycles. The second kappa shape index (κ2) is 10.6. The highest BCUT2D eigenvalue weighted by Gasteiger charge is 2.26. The first-order chi connectivity index (χ1) is 17.9. The molecule has 0 spiro atoms. The van der Waals surface area contributed by atoms with E-state index in [-0.39, 0.29) is 33.4 Å². The summed E-state index contributed by atoms with van der Waals surface area (Å²) in [5.41, 5.74) is -3.92. The van der Waals surface area contributed by atoms with Crippen LogP contribution in [0.2, 0.25) is 10.0 Å². The molecule has 0 bridgehead atoms. The molecule has 0 aliphatic heterocycles. The van der Waals surface area contributed by atoms with Crippen molar-refractivity contribution >= 4 is 39.1 Å². The monoisotopic (exact) mass is 592 g/mol. The molecular weight excluding hydrogens is 577 g/mol. The van der Waals surface area contributed by atoms with Gasteiger partial charge in [-0.1, -0.05) is 23.2 Å². The van der Waals surface area contributed by atoms with Crippen LogP contribution in [0.5, 0.6) is 17.4 Å². The number of halogens is 4. The van der Waals surface area contributed by atoms with Gasteiger partial charge in [0.1, 0.15) is 4.90 Å². The van der Waals surface area contributed by atoms with Crippen LogP contribution in [0, 0.1) is 0 Å². The van der Waals surface area contributed by atoms with E-state index < -0.39 is 56.5 Å². The summed E-state index contributed by atoms with van der Waals surface area (Å²) in [6.07, 6.45) is -0.872. The van der Waals surface area contributed by atoms with E-state index in [0.29, 0.717) is 4.68 Å². The summed E-state index contributed by atoms with van der Waals surface area (Å²) in [4.78, 5) is 40.2. The van der Waals surface area contributed by atoms with Crippen molar-refractivity contribution in [2.24, 2.45) is 0 Å². The number of sulfonamides is 1. The summed E-state index contributed by atoms with van der Waals surface area (Å²) in [5, 5.41) is 15.4.